The van der Waals surface area contributed by atoms with E-state index in [1.54, 1.807) is 4.90 Å². The number of amides is 1. The van der Waals surface area contributed by atoms with Gasteiger partial charge in [-0.1, -0.05) is 0 Å². The summed E-state index contributed by atoms with van der Waals surface area (Å²) in [7, 11) is -2.74. The molecule has 1 fully saturated rings. The van der Waals surface area contributed by atoms with Crippen LogP contribution in [0.1, 0.15) is 33.1 Å². The second kappa shape index (κ2) is 8.79. The fourth-order valence-corrected chi connectivity index (χ4v) is 4.34. The number of sulfonamides is 1. The quantitative estimate of drug-likeness (QED) is 0.680. The molecular weight excluding hydrogens is 375 g/mol. The Kier molecular flexibility index (Phi) is 6.94. The summed E-state index contributed by atoms with van der Waals surface area (Å²) in [6, 6.07) is 4.46. The lowest BCUT2D eigenvalue weighted by molar-refractivity contribution is -0.154. The molecule has 0 radical (unpaired) electrons. The molecule has 9 heteroatoms. The highest BCUT2D eigenvalue weighted by molar-refractivity contribution is 7.89. The maximum Gasteiger partial charge on any atom is 0.321 e. The van der Waals surface area contributed by atoms with Crippen LogP contribution in [0.2, 0.25) is 0 Å². The number of benzene rings is 1. The van der Waals surface area contributed by atoms with Gasteiger partial charge in [0.25, 0.3) is 5.91 Å². The van der Waals surface area contributed by atoms with Gasteiger partial charge in [0.2, 0.25) is 10.0 Å². The first-order chi connectivity index (χ1) is 12.6. The third kappa shape index (κ3) is 5.26. The summed E-state index contributed by atoms with van der Waals surface area (Å²) in [6.07, 6.45) is 2.86. The molecular formula is C18H25FN2O5S. The highest BCUT2D eigenvalue weighted by Gasteiger charge is 2.30. The fourth-order valence-electron chi connectivity index (χ4n) is 3.23. The van der Waals surface area contributed by atoms with E-state index >= 15 is 0 Å². The van der Waals surface area contributed by atoms with E-state index in [2.05, 4.69) is 0 Å². The van der Waals surface area contributed by atoms with Crippen LogP contribution in [0.4, 0.5) is 4.39 Å². The molecule has 1 aliphatic rings. The number of hydrogen-bond acceptors (Lipinski definition) is 5. The third-order valence-electron chi connectivity index (χ3n) is 4.71. The Morgan fingerprint density at radius 1 is 1.19 bits per heavy atom. The summed E-state index contributed by atoms with van der Waals surface area (Å²) in [5, 5.41) is 0. The van der Waals surface area contributed by atoms with Crippen LogP contribution in [0.5, 0.6) is 0 Å². The average molecular weight is 400 g/mol. The van der Waals surface area contributed by atoms with Crippen molar-refractivity contribution in [1.29, 1.82) is 0 Å². The normalized spacial score (nSPS) is 20.6. The van der Waals surface area contributed by atoms with Gasteiger partial charge >= 0.3 is 5.97 Å². The molecule has 1 saturated heterocycles. The molecule has 0 unspecified atom stereocenters. The molecule has 7 nitrogen and oxygen atoms in total. The minimum absolute atomic E-state index is 0.0847. The Balaban J connectivity index is 1.91. The maximum atomic E-state index is 13.0. The smallest absolute Gasteiger partial charge is 0.321 e. The first-order valence-electron chi connectivity index (χ1n) is 8.81. The minimum Gasteiger partial charge on any atom is -0.455 e. The first-order valence-corrected chi connectivity index (χ1v) is 10.3. The Morgan fingerprint density at radius 3 is 2.30 bits per heavy atom. The molecule has 2 rings (SSSR count). The summed E-state index contributed by atoms with van der Waals surface area (Å²) in [5.74, 6) is -1.67. The molecule has 1 heterocycles. The van der Waals surface area contributed by atoms with Crippen molar-refractivity contribution in [3.8, 4) is 0 Å². The number of likely N-dealkylation sites (N-methyl/N-ethyl adjacent to an activating group) is 1. The van der Waals surface area contributed by atoms with Crippen molar-refractivity contribution in [2.45, 2.75) is 50.1 Å². The van der Waals surface area contributed by atoms with Gasteiger partial charge in [0.05, 0.1) is 4.90 Å². The van der Waals surface area contributed by atoms with Gasteiger partial charge in [0.15, 0.2) is 6.61 Å². The van der Waals surface area contributed by atoms with Crippen molar-refractivity contribution in [3.63, 3.8) is 0 Å². The Bertz CT molecular complexity index is 771. The highest BCUT2D eigenvalue weighted by atomic mass is 32.2. The van der Waals surface area contributed by atoms with E-state index in [9.17, 15) is 22.4 Å². The van der Waals surface area contributed by atoms with Crippen LogP contribution < -0.4 is 0 Å². The zero-order valence-corrected chi connectivity index (χ0v) is 16.5. The SMILES string of the molecule is C[C@H]1CCC[C@H](C)N1C(=O)COC(=O)CN(C)S(=O)(=O)c1ccc(F)cc1. The van der Waals surface area contributed by atoms with E-state index in [1.165, 1.54) is 7.05 Å². The second-order valence-corrected chi connectivity index (χ2v) is 8.85. The van der Waals surface area contributed by atoms with Gasteiger partial charge in [-0.3, -0.25) is 9.59 Å². The second-order valence-electron chi connectivity index (χ2n) is 6.81. The zero-order valence-electron chi connectivity index (χ0n) is 15.7. The topological polar surface area (TPSA) is 84.0 Å². The molecule has 1 amide bonds. The van der Waals surface area contributed by atoms with Gasteiger partial charge in [-0.15, -0.1) is 0 Å². The standard InChI is InChI=1S/C18H25FN2O5S/c1-13-5-4-6-14(2)21(13)17(22)12-26-18(23)11-20(3)27(24,25)16-9-7-15(19)8-10-16/h7-10,13-14H,4-6,11-12H2,1-3H3/t13-,14-/m0/s1. The number of halogens is 1. The summed E-state index contributed by atoms with van der Waals surface area (Å²) in [4.78, 5) is 25.9. The van der Waals surface area contributed by atoms with Gasteiger partial charge in [-0.25, -0.2) is 12.8 Å². The van der Waals surface area contributed by atoms with Crippen molar-refractivity contribution in [3.05, 3.63) is 30.1 Å². The van der Waals surface area contributed by atoms with E-state index in [1.807, 2.05) is 13.8 Å². The van der Waals surface area contributed by atoms with E-state index in [4.69, 9.17) is 4.74 Å². The van der Waals surface area contributed by atoms with E-state index in [0.29, 0.717) is 0 Å². The molecule has 27 heavy (non-hydrogen) atoms. The van der Waals surface area contributed by atoms with Crippen LogP contribution >= 0.6 is 0 Å². The summed E-state index contributed by atoms with van der Waals surface area (Å²) in [5.41, 5.74) is 0. The molecule has 2 atom stereocenters. The molecule has 0 bridgehead atoms. The lowest BCUT2D eigenvalue weighted by atomic mass is 9.97. The lowest BCUT2D eigenvalue weighted by Gasteiger charge is -2.38. The van der Waals surface area contributed by atoms with Crippen LogP contribution in [0.15, 0.2) is 29.2 Å². The summed E-state index contributed by atoms with van der Waals surface area (Å²) < 4.78 is 43.5. The maximum absolute atomic E-state index is 13.0. The predicted octanol–water partition coefficient (Wildman–Crippen LogP) is 1.78. The van der Waals surface area contributed by atoms with Gasteiger partial charge < -0.3 is 9.64 Å². The van der Waals surface area contributed by atoms with Crippen molar-refractivity contribution >= 4 is 21.9 Å². The first kappa shape index (κ1) is 21.3. The zero-order chi connectivity index (χ0) is 20.2. The lowest BCUT2D eigenvalue weighted by Crippen LogP contribution is -2.49. The average Bonchev–Trinajstić information content (AvgIpc) is 2.60. The van der Waals surface area contributed by atoms with Gasteiger partial charge in [-0.2, -0.15) is 4.31 Å². The Labute approximate surface area is 159 Å². The monoisotopic (exact) mass is 400 g/mol. The number of ether oxygens (including phenoxy) is 1. The Morgan fingerprint density at radius 2 is 1.74 bits per heavy atom. The molecule has 1 aromatic rings. The number of rotatable bonds is 6. The minimum atomic E-state index is -3.96. The van der Waals surface area contributed by atoms with Gasteiger partial charge in [0.1, 0.15) is 12.4 Å². The van der Waals surface area contributed by atoms with Crippen LogP contribution in [0.3, 0.4) is 0 Å². The van der Waals surface area contributed by atoms with Crippen molar-refractivity contribution < 1.29 is 27.1 Å². The predicted molar refractivity (Wildman–Crippen MR) is 96.8 cm³/mol. The van der Waals surface area contributed by atoms with E-state index < -0.39 is 35.0 Å². The van der Waals surface area contributed by atoms with Crippen molar-refractivity contribution in [2.75, 3.05) is 20.2 Å². The van der Waals surface area contributed by atoms with E-state index in [0.717, 1.165) is 47.8 Å². The molecule has 0 aromatic heterocycles. The Hall–Kier alpha value is -2.00. The number of nitrogens with zero attached hydrogens (tertiary/aromatic N) is 2. The van der Waals surface area contributed by atoms with Crippen LogP contribution in [0.25, 0.3) is 0 Å². The molecule has 0 N–H and O–H groups in total. The largest absolute Gasteiger partial charge is 0.455 e. The number of hydrogen-bond donors (Lipinski definition) is 0. The third-order valence-corrected chi connectivity index (χ3v) is 6.53. The summed E-state index contributed by atoms with van der Waals surface area (Å²) >= 11 is 0. The number of likely N-dealkylation sites (tertiary alicyclic amines) is 1. The number of esters is 1. The number of piperidine rings is 1. The molecule has 1 aromatic carbocycles. The fraction of sp³-hybridized carbons (Fsp3) is 0.556. The van der Waals surface area contributed by atoms with Crippen LogP contribution in [-0.4, -0.2) is 61.8 Å². The van der Waals surface area contributed by atoms with Gasteiger partial charge in [0, 0.05) is 19.1 Å². The van der Waals surface area contributed by atoms with Crippen LogP contribution in [0, 0.1) is 5.82 Å². The molecule has 0 spiro atoms. The van der Waals surface area contributed by atoms with Crippen molar-refractivity contribution in [2.24, 2.45) is 0 Å². The number of carbonyl (C=O) groups excluding carboxylic acids is 2. The highest BCUT2D eigenvalue weighted by Crippen LogP contribution is 2.22. The molecule has 1 aliphatic heterocycles. The van der Waals surface area contributed by atoms with E-state index in [-0.39, 0.29) is 22.9 Å². The molecule has 0 aliphatic carbocycles. The summed E-state index contributed by atoms with van der Waals surface area (Å²) in [6.45, 7) is 2.95. The van der Waals surface area contributed by atoms with Crippen molar-refractivity contribution in [1.82, 2.24) is 9.21 Å². The van der Waals surface area contributed by atoms with Gasteiger partial charge in [-0.05, 0) is 57.4 Å². The molecule has 150 valence electrons. The number of carbonyl (C=O) groups is 2. The van der Waals surface area contributed by atoms with Crippen LogP contribution in [-0.2, 0) is 24.3 Å². The molecule has 0 saturated carbocycles.